The molecule has 0 spiro atoms. The standard InChI is InChI=1S/C4H10N2.C2H4O2.ClH/c1-2-6-4-3-5-1;1-4-2-3;/h5-6H,1-4H2;2H,1H3;1H. The quantitative estimate of drug-likeness (QED) is 0.532. The summed E-state index contributed by atoms with van der Waals surface area (Å²) in [5.74, 6) is 0. The maximum absolute atomic E-state index is 8.95. The molecular formula is C6H15ClN2O2. The van der Waals surface area contributed by atoms with Crippen molar-refractivity contribution in [1.29, 1.82) is 0 Å². The van der Waals surface area contributed by atoms with Crippen molar-refractivity contribution in [2.24, 2.45) is 0 Å². The average molecular weight is 183 g/mol. The Morgan fingerprint density at radius 2 is 1.45 bits per heavy atom. The Bertz CT molecular complexity index is 67.5. The molecule has 1 aliphatic heterocycles. The van der Waals surface area contributed by atoms with Crippen molar-refractivity contribution in [1.82, 2.24) is 10.6 Å². The minimum Gasteiger partial charge on any atom is -0.471 e. The summed E-state index contributed by atoms with van der Waals surface area (Å²) < 4.78 is 3.86. The van der Waals surface area contributed by atoms with E-state index in [-0.39, 0.29) is 12.4 Å². The zero-order valence-electron chi connectivity index (χ0n) is 6.63. The lowest BCUT2D eigenvalue weighted by Gasteiger charge is -2.11. The third-order valence-corrected chi connectivity index (χ3v) is 1.05. The van der Waals surface area contributed by atoms with Gasteiger partial charge < -0.3 is 15.4 Å². The van der Waals surface area contributed by atoms with Gasteiger partial charge in [0.15, 0.2) is 0 Å². The van der Waals surface area contributed by atoms with E-state index in [0.29, 0.717) is 6.47 Å². The summed E-state index contributed by atoms with van der Waals surface area (Å²) in [4.78, 5) is 8.95. The first-order valence-electron chi connectivity index (χ1n) is 3.29. The normalized spacial score (nSPS) is 15.0. The van der Waals surface area contributed by atoms with Crippen molar-refractivity contribution in [2.75, 3.05) is 33.3 Å². The van der Waals surface area contributed by atoms with Gasteiger partial charge in [0.2, 0.25) is 0 Å². The molecule has 0 atom stereocenters. The summed E-state index contributed by atoms with van der Waals surface area (Å²) in [6.45, 7) is 4.93. The lowest BCUT2D eigenvalue weighted by molar-refractivity contribution is -0.126. The zero-order chi connectivity index (χ0) is 7.66. The van der Waals surface area contributed by atoms with E-state index in [0.717, 1.165) is 26.2 Å². The van der Waals surface area contributed by atoms with Crippen LogP contribution in [0.1, 0.15) is 0 Å². The van der Waals surface area contributed by atoms with Gasteiger partial charge in [0, 0.05) is 26.2 Å². The maximum Gasteiger partial charge on any atom is 0.292 e. The fraction of sp³-hybridized carbons (Fsp3) is 0.833. The summed E-state index contributed by atoms with van der Waals surface area (Å²) in [5, 5.41) is 6.44. The van der Waals surface area contributed by atoms with Gasteiger partial charge in [0.05, 0.1) is 7.11 Å². The molecule has 68 valence electrons. The molecule has 2 N–H and O–H groups in total. The van der Waals surface area contributed by atoms with Crippen molar-refractivity contribution in [3.05, 3.63) is 0 Å². The highest BCUT2D eigenvalue weighted by Crippen LogP contribution is 1.65. The monoisotopic (exact) mass is 182 g/mol. The Kier molecular flexibility index (Phi) is 14.9. The molecule has 1 saturated heterocycles. The summed E-state index contributed by atoms with van der Waals surface area (Å²) in [6, 6.07) is 0. The molecule has 1 rings (SSSR count). The molecular weight excluding hydrogens is 168 g/mol. The van der Waals surface area contributed by atoms with Gasteiger partial charge >= 0.3 is 0 Å². The SMILES string of the molecule is C1CNCCN1.COC=O.Cl. The van der Waals surface area contributed by atoms with Crippen LogP contribution in [0.5, 0.6) is 0 Å². The number of hydrogen-bond acceptors (Lipinski definition) is 4. The van der Waals surface area contributed by atoms with Gasteiger partial charge in [-0.05, 0) is 0 Å². The molecule has 0 aromatic carbocycles. The van der Waals surface area contributed by atoms with E-state index in [1.165, 1.54) is 7.11 Å². The van der Waals surface area contributed by atoms with Crippen LogP contribution >= 0.6 is 12.4 Å². The number of rotatable bonds is 1. The van der Waals surface area contributed by atoms with E-state index in [4.69, 9.17) is 4.79 Å². The molecule has 11 heavy (non-hydrogen) atoms. The molecule has 0 radical (unpaired) electrons. The van der Waals surface area contributed by atoms with E-state index in [1.807, 2.05) is 0 Å². The highest BCUT2D eigenvalue weighted by molar-refractivity contribution is 5.85. The van der Waals surface area contributed by atoms with Crippen molar-refractivity contribution in [3.8, 4) is 0 Å². The smallest absolute Gasteiger partial charge is 0.292 e. The van der Waals surface area contributed by atoms with E-state index in [9.17, 15) is 0 Å². The predicted molar refractivity (Wildman–Crippen MR) is 46.1 cm³/mol. The number of carbonyl (C=O) groups is 1. The lowest BCUT2D eigenvalue weighted by Crippen LogP contribution is -2.39. The van der Waals surface area contributed by atoms with Crippen LogP contribution in [-0.4, -0.2) is 39.8 Å². The van der Waals surface area contributed by atoms with Gasteiger partial charge in [-0.3, -0.25) is 4.79 Å². The fourth-order valence-electron chi connectivity index (χ4n) is 0.604. The molecule has 5 heteroatoms. The average Bonchev–Trinajstić information content (AvgIpc) is 2.08. The third kappa shape index (κ3) is 12.8. The number of piperazine rings is 1. The summed E-state index contributed by atoms with van der Waals surface area (Å²) >= 11 is 0. The summed E-state index contributed by atoms with van der Waals surface area (Å²) in [6.07, 6.45) is 0. The van der Waals surface area contributed by atoms with Gasteiger partial charge in [-0.2, -0.15) is 0 Å². The molecule has 1 heterocycles. The number of carbonyl (C=O) groups excluding carboxylic acids is 1. The number of halogens is 1. The maximum atomic E-state index is 8.95. The second-order valence-electron chi connectivity index (χ2n) is 1.83. The van der Waals surface area contributed by atoms with Crippen LogP contribution in [0.2, 0.25) is 0 Å². The third-order valence-electron chi connectivity index (χ3n) is 1.05. The minimum atomic E-state index is 0. The Balaban J connectivity index is 0. The highest BCUT2D eigenvalue weighted by Gasteiger charge is 1.91. The highest BCUT2D eigenvalue weighted by atomic mass is 35.5. The molecule has 1 fully saturated rings. The van der Waals surface area contributed by atoms with E-state index >= 15 is 0 Å². The Labute approximate surface area is 73.1 Å². The van der Waals surface area contributed by atoms with Crippen LogP contribution in [0.4, 0.5) is 0 Å². The van der Waals surface area contributed by atoms with Gasteiger partial charge in [-0.25, -0.2) is 0 Å². The Hall–Kier alpha value is -0.320. The van der Waals surface area contributed by atoms with Gasteiger partial charge in [-0.1, -0.05) is 0 Å². The first-order valence-corrected chi connectivity index (χ1v) is 3.29. The predicted octanol–water partition coefficient (Wildman–Crippen LogP) is -0.610. The number of methoxy groups -OCH3 is 1. The summed E-state index contributed by atoms with van der Waals surface area (Å²) in [7, 11) is 1.31. The van der Waals surface area contributed by atoms with E-state index < -0.39 is 0 Å². The van der Waals surface area contributed by atoms with E-state index in [2.05, 4.69) is 15.4 Å². The first kappa shape index (κ1) is 13.3. The second-order valence-corrected chi connectivity index (χ2v) is 1.83. The Morgan fingerprint density at radius 3 is 1.55 bits per heavy atom. The molecule has 0 amide bonds. The van der Waals surface area contributed by atoms with Crippen molar-refractivity contribution >= 4 is 18.9 Å². The molecule has 0 unspecified atom stereocenters. The fourth-order valence-corrected chi connectivity index (χ4v) is 0.604. The molecule has 1 aliphatic rings. The number of nitrogens with one attached hydrogen (secondary N) is 2. The van der Waals surface area contributed by atoms with Crippen molar-refractivity contribution in [3.63, 3.8) is 0 Å². The van der Waals surface area contributed by atoms with E-state index in [1.54, 1.807) is 0 Å². The lowest BCUT2D eigenvalue weighted by atomic mass is 10.4. The molecule has 0 bridgehead atoms. The van der Waals surface area contributed by atoms with Crippen LogP contribution in [0.15, 0.2) is 0 Å². The van der Waals surface area contributed by atoms with Gasteiger partial charge in [0.1, 0.15) is 0 Å². The number of hydrogen-bond donors (Lipinski definition) is 2. The van der Waals surface area contributed by atoms with Crippen LogP contribution in [0.25, 0.3) is 0 Å². The second kappa shape index (κ2) is 12.4. The Morgan fingerprint density at radius 1 is 1.18 bits per heavy atom. The molecule has 4 nitrogen and oxygen atoms in total. The van der Waals surface area contributed by atoms with Gasteiger partial charge in [-0.15, -0.1) is 12.4 Å². The molecule has 0 aliphatic carbocycles. The van der Waals surface area contributed by atoms with Crippen LogP contribution in [0.3, 0.4) is 0 Å². The molecule has 0 aromatic rings. The largest absolute Gasteiger partial charge is 0.471 e. The first-order chi connectivity index (χ1) is 4.91. The van der Waals surface area contributed by atoms with Crippen LogP contribution in [0, 0.1) is 0 Å². The minimum absolute atomic E-state index is 0. The summed E-state index contributed by atoms with van der Waals surface area (Å²) in [5.41, 5.74) is 0. The molecule has 0 saturated carbocycles. The van der Waals surface area contributed by atoms with Crippen LogP contribution in [-0.2, 0) is 9.53 Å². The number of ether oxygens (including phenoxy) is 1. The van der Waals surface area contributed by atoms with Crippen LogP contribution < -0.4 is 10.6 Å². The molecule has 0 aromatic heterocycles. The zero-order valence-corrected chi connectivity index (χ0v) is 7.45. The van der Waals surface area contributed by atoms with Gasteiger partial charge in [0.25, 0.3) is 6.47 Å². The topological polar surface area (TPSA) is 50.4 Å². The van der Waals surface area contributed by atoms with Crippen molar-refractivity contribution in [2.45, 2.75) is 0 Å². The van der Waals surface area contributed by atoms with Crippen molar-refractivity contribution < 1.29 is 9.53 Å².